The summed E-state index contributed by atoms with van der Waals surface area (Å²) in [5.41, 5.74) is 2.71. The topological polar surface area (TPSA) is 24.3 Å². The molecule has 1 fully saturated rings. The van der Waals surface area contributed by atoms with Crippen molar-refractivity contribution >= 4 is 0 Å². The van der Waals surface area contributed by atoms with E-state index in [-0.39, 0.29) is 0 Å². The molecule has 1 aromatic carbocycles. The lowest BCUT2D eigenvalue weighted by Crippen LogP contribution is -2.54. The fraction of sp³-hybridized carbons (Fsp3) is 0.550. The van der Waals surface area contributed by atoms with Crippen LogP contribution in [0.4, 0.5) is 0 Å². The Morgan fingerprint density at radius 1 is 1.08 bits per heavy atom. The Balaban J connectivity index is 1.56. The highest BCUT2D eigenvalue weighted by atomic mass is 15.3. The van der Waals surface area contributed by atoms with E-state index in [4.69, 9.17) is 0 Å². The molecule has 1 aliphatic heterocycles. The molecule has 0 bridgehead atoms. The van der Waals surface area contributed by atoms with Gasteiger partial charge in [0.2, 0.25) is 0 Å². The van der Waals surface area contributed by atoms with Crippen LogP contribution in [0.3, 0.4) is 0 Å². The summed E-state index contributed by atoms with van der Waals surface area (Å²) in [4.78, 5) is 5.26. The van der Waals surface area contributed by atoms with Crippen LogP contribution in [0.25, 0.3) is 0 Å². The molecule has 0 aliphatic carbocycles. The lowest BCUT2D eigenvalue weighted by atomic mass is 10.1. The normalized spacial score (nSPS) is 19.9. The Morgan fingerprint density at radius 3 is 2.38 bits per heavy atom. The molecule has 24 heavy (non-hydrogen) atoms. The average Bonchev–Trinajstić information content (AvgIpc) is 3.09. The molecule has 0 saturated carbocycles. The highest BCUT2D eigenvalue weighted by Gasteiger charge is 2.27. The Labute approximate surface area is 146 Å². The predicted octanol–water partition coefficient (Wildman–Crippen LogP) is 3.24. The van der Waals surface area contributed by atoms with Crippen LogP contribution < -0.4 is 0 Å². The first-order valence-electron chi connectivity index (χ1n) is 9.19. The summed E-state index contributed by atoms with van der Waals surface area (Å²) in [6.07, 6.45) is 5.07. The molecule has 0 amide bonds. The standard InChI is InChI=1S/C20H30N4/c1-4-20-16-22(12-13-24(20)17(2)3)14-18-6-8-19(9-7-18)15-23-11-5-10-21-23/h5-11,17,20H,4,12-16H2,1-3H3. The van der Waals surface area contributed by atoms with Crippen LogP contribution >= 0.6 is 0 Å². The van der Waals surface area contributed by atoms with E-state index in [0.717, 1.165) is 13.1 Å². The molecule has 4 nitrogen and oxygen atoms in total. The fourth-order valence-electron chi connectivity index (χ4n) is 3.71. The molecule has 3 rings (SSSR count). The van der Waals surface area contributed by atoms with Crippen LogP contribution in [0.1, 0.15) is 38.3 Å². The number of benzene rings is 1. The van der Waals surface area contributed by atoms with E-state index >= 15 is 0 Å². The second kappa shape index (κ2) is 7.95. The van der Waals surface area contributed by atoms with Gasteiger partial charge in [0.15, 0.2) is 0 Å². The minimum absolute atomic E-state index is 0.652. The van der Waals surface area contributed by atoms with Crippen molar-refractivity contribution in [2.75, 3.05) is 19.6 Å². The second-order valence-corrected chi connectivity index (χ2v) is 7.15. The molecule has 2 heterocycles. The lowest BCUT2D eigenvalue weighted by molar-refractivity contribution is 0.0457. The van der Waals surface area contributed by atoms with Crippen LogP contribution in [-0.2, 0) is 13.1 Å². The van der Waals surface area contributed by atoms with Crippen molar-refractivity contribution in [3.8, 4) is 0 Å². The average molecular weight is 326 g/mol. The summed E-state index contributed by atoms with van der Waals surface area (Å²) >= 11 is 0. The monoisotopic (exact) mass is 326 g/mol. The molecule has 0 radical (unpaired) electrons. The van der Waals surface area contributed by atoms with Gasteiger partial charge in [0.25, 0.3) is 0 Å². The smallest absolute Gasteiger partial charge is 0.0659 e. The maximum absolute atomic E-state index is 4.27. The fourth-order valence-corrected chi connectivity index (χ4v) is 3.71. The van der Waals surface area contributed by atoms with Crippen LogP contribution in [0.15, 0.2) is 42.7 Å². The minimum Gasteiger partial charge on any atom is -0.296 e. The van der Waals surface area contributed by atoms with E-state index in [1.807, 2.05) is 23.1 Å². The summed E-state index contributed by atoms with van der Waals surface area (Å²) in [5, 5.41) is 4.27. The number of aromatic nitrogens is 2. The quantitative estimate of drug-likeness (QED) is 0.814. The third-order valence-electron chi connectivity index (χ3n) is 5.08. The summed E-state index contributed by atoms with van der Waals surface area (Å²) < 4.78 is 1.96. The van der Waals surface area contributed by atoms with Crippen molar-refractivity contribution in [3.63, 3.8) is 0 Å². The third kappa shape index (κ3) is 4.25. The summed E-state index contributed by atoms with van der Waals surface area (Å²) in [7, 11) is 0. The van der Waals surface area contributed by atoms with E-state index in [1.54, 1.807) is 0 Å². The van der Waals surface area contributed by atoms with Gasteiger partial charge in [0.1, 0.15) is 0 Å². The first-order valence-corrected chi connectivity index (χ1v) is 9.19. The molecular weight excluding hydrogens is 296 g/mol. The number of hydrogen-bond acceptors (Lipinski definition) is 3. The largest absolute Gasteiger partial charge is 0.296 e. The van der Waals surface area contributed by atoms with Crippen molar-refractivity contribution in [2.45, 2.75) is 52.4 Å². The van der Waals surface area contributed by atoms with E-state index in [0.29, 0.717) is 12.1 Å². The summed E-state index contributed by atoms with van der Waals surface area (Å²) in [6, 6.07) is 12.3. The first kappa shape index (κ1) is 17.2. The van der Waals surface area contributed by atoms with Crippen molar-refractivity contribution in [3.05, 3.63) is 53.9 Å². The lowest BCUT2D eigenvalue weighted by Gasteiger charge is -2.43. The molecule has 1 atom stereocenters. The zero-order chi connectivity index (χ0) is 16.9. The summed E-state index contributed by atoms with van der Waals surface area (Å²) in [6.45, 7) is 12.4. The third-order valence-corrected chi connectivity index (χ3v) is 5.08. The van der Waals surface area contributed by atoms with E-state index in [2.05, 4.69) is 59.9 Å². The van der Waals surface area contributed by atoms with Gasteiger partial charge in [0.05, 0.1) is 6.54 Å². The Morgan fingerprint density at radius 2 is 1.79 bits per heavy atom. The highest BCUT2D eigenvalue weighted by Crippen LogP contribution is 2.18. The predicted molar refractivity (Wildman–Crippen MR) is 99.0 cm³/mol. The van der Waals surface area contributed by atoms with Crippen LogP contribution in [0.2, 0.25) is 0 Å². The van der Waals surface area contributed by atoms with Gasteiger partial charge in [-0.1, -0.05) is 31.2 Å². The van der Waals surface area contributed by atoms with Crippen LogP contribution in [0.5, 0.6) is 0 Å². The molecule has 0 N–H and O–H groups in total. The van der Waals surface area contributed by atoms with Gasteiger partial charge in [-0.05, 0) is 37.5 Å². The van der Waals surface area contributed by atoms with Crippen LogP contribution in [0, 0.1) is 0 Å². The Kier molecular flexibility index (Phi) is 5.69. The maximum Gasteiger partial charge on any atom is 0.0659 e. The van der Waals surface area contributed by atoms with Crippen molar-refractivity contribution in [1.29, 1.82) is 0 Å². The van der Waals surface area contributed by atoms with E-state index in [9.17, 15) is 0 Å². The molecule has 1 aliphatic rings. The molecule has 1 unspecified atom stereocenters. The molecule has 0 spiro atoms. The van der Waals surface area contributed by atoms with Gasteiger partial charge < -0.3 is 0 Å². The molecule has 1 saturated heterocycles. The zero-order valence-electron chi connectivity index (χ0n) is 15.2. The molecule has 2 aromatic rings. The Hall–Kier alpha value is -1.65. The van der Waals surface area contributed by atoms with Gasteiger partial charge in [-0.15, -0.1) is 0 Å². The minimum atomic E-state index is 0.652. The number of hydrogen-bond donors (Lipinski definition) is 0. The molecule has 1 aromatic heterocycles. The molecule has 130 valence electrons. The number of piperazine rings is 1. The van der Waals surface area contributed by atoms with Gasteiger partial charge in [-0.2, -0.15) is 5.10 Å². The zero-order valence-corrected chi connectivity index (χ0v) is 15.2. The van der Waals surface area contributed by atoms with E-state index < -0.39 is 0 Å². The number of nitrogens with zero attached hydrogens (tertiary/aromatic N) is 4. The maximum atomic E-state index is 4.27. The van der Waals surface area contributed by atoms with Crippen molar-refractivity contribution in [2.24, 2.45) is 0 Å². The van der Waals surface area contributed by atoms with Crippen molar-refractivity contribution < 1.29 is 0 Å². The SMILES string of the molecule is CCC1CN(Cc2ccc(Cn3cccn3)cc2)CCN1C(C)C. The van der Waals surface area contributed by atoms with E-state index in [1.165, 1.54) is 37.2 Å². The van der Waals surface area contributed by atoms with Gasteiger partial charge in [-0.25, -0.2) is 0 Å². The second-order valence-electron chi connectivity index (χ2n) is 7.15. The van der Waals surface area contributed by atoms with Gasteiger partial charge >= 0.3 is 0 Å². The molecular formula is C20H30N4. The van der Waals surface area contributed by atoms with Gasteiger partial charge in [0, 0.05) is 50.7 Å². The highest BCUT2D eigenvalue weighted by molar-refractivity contribution is 5.22. The first-order chi connectivity index (χ1) is 11.7. The molecule has 4 heteroatoms. The Bertz CT molecular complexity index is 603. The van der Waals surface area contributed by atoms with Crippen molar-refractivity contribution in [1.82, 2.24) is 19.6 Å². The van der Waals surface area contributed by atoms with Gasteiger partial charge in [-0.3, -0.25) is 14.5 Å². The number of rotatable bonds is 6. The van der Waals surface area contributed by atoms with Crippen LogP contribution in [-0.4, -0.2) is 51.3 Å². The summed E-state index contributed by atoms with van der Waals surface area (Å²) in [5.74, 6) is 0.